The maximum atomic E-state index is 11.5. The van der Waals surface area contributed by atoms with E-state index in [1.54, 1.807) is 6.08 Å². The summed E-state index contributed by atoms with van der Waals surface area (Å²) in [5.41, 5.74) is 2.11. The van der Waals surface area contributed by atoms with Gasteiger partial charge in [-0.25, -0.2) is 0 Å². The van der Waals surface area contributed by atoms with Crippen LogP contribution in [0.25, 0.3) is 0 Å². The van der Waals surface area contributed by atoms with Gasteiger partial charge in [0.1, 0.15) is 0 Å². The van der Waals surface area contributed by atoms with Gasteiger partial charge in [0.15, 0.2) is 0 Å². The smallest absolute Gasteiger partial charge is 0.248 e. The molecule has 0 aliphatic heterocycles. The number of hydrogen-bond acceptors (Lipinski definition) is 1. The molecule has 2 heteroatoms. The summed E-state index contributed by atoms with van der Waals surface area (Å²) in [6.45, 7) is 6.15. The Morgan fingerprint density at radius 2 is 2.12 bits per heavy atom. The lowest BCUT2D eigenvalue weighted by Gasteiger charge is -2.14. The van der Waals surface area contributed by atoms with Crippen molar-refractivity contribution in [3.8, 4) is 0 Å². The Balaban J connectivity index is 2.90. The molecule has 1 amide bonds. The number of carbonyl (C=O) groups excluding carboxylic acids is 1. The first kappa shape index (κ1) is 12.5. The van der Waals surface area contributed by atoms with Crippen LogP contribution in [-0.4, -0.2) is 5.91 Å². The van der Waals surface area contributed by atoms with Crippen molar-refractivity contribution in [2.24, 2.45) is 0 Å². The second-order valence-corrected chi connectivity index (χ2v) is 3.89. The van der Waals surface area contributed by atoms with Crippen molar-refractivity contribution >= 4 is 11.6 Å². The standard InChI is InChI=1S/C14H19NO/c1-4-8-14(16)15-13-10-7-6-9-12(13)11(3)5-2/h4,6-11H,5H2,1-3H3,(H,15,16). The molecule has 0 bridgehead atoms. The van der Waals surface area contributed by atoms with Crippen LogP contribution >= 0.6 is 0 Å². The largest absolute Gasteiger partial charge is 0.322 e. The van der Waals surface area contributed by atoms with Crippen LogP contribution in [0, 0.1) is 0 Å². The maximum Gasteiger partial charge on any atom is 0.248 e. The highest BCUT2D eigenvalue weighted by Crippen LogP contribution is 2.26. The van der Waals surface area contributed by atoms with Crippen LogP contribution in [0.5, 0.6) is 0 Å². The van der Waals surface area contributed by atoms with Crippen LogP contribution in [-0.2, 0) is 4.79 Å². The first-order valence-corrected chi connectivity index (χ1v) is 5.71. The third kappa shape index (κ3) is 3.23. The lowest BCUT2D eigenvalue weighted by molar-refractivity contribution is -0.111. The van der Waals surface area contributed by atoms with E-state index >= 15 is 0 Å². The Kier molecular flexibility index (Phi) is 4.77. The van der Waals surface area contributed by atoms with E-state index in [0.717, 1.165) is 12.1 Å². The molecule has 0 aliphatic carbocycles. The Bertz CT molecular complexity index is 382. The van der Waals surface area contributed by atoms with Crippen LogP contribution in [0.1, 0.15) is 38.7 Å². The topological polar surface area (TPSA) is 29.1 Å². The fraction of sp³-hybridized carbons (Fsp3) is 0.357. The summed E-state index contributed by atoms with van der Waals surface area (Å²) < 4.78 is 0. The van der Waals surface area contributed by atoms with Crippen molar-refractivity contribution < 1.29 is 4.79 Å². The molecule has 0 radical (unpaired) electrons. The molecule has 1 atom stereocenters. The van der Waals surface area contributed by atoms with Gasteiger partial charge in [-0.15, -0.1) is 0 Å². The van der Waals surface area contributed by atoms with Crippen molar-refractivity contribution in [1.82, 2.24) is 0 Å². The van der Waals surface area contributed by atoms with Gasteiger partial charge in [-0.05, 0) is 37.0 Å². The average molecular weight is 217 g/mol. The van der Waals surface area contributed by atoms with Crippen LogP contribution in [0.2, 0.25) is 0 Å². The fourth-order valence-electron chi connectivity index (χ4n) is 1.59. The van der Waals surface area contributed by atoms with Gasteiger partial charge in [-0.3, -0.25) is 4.79 Å². The molecule has 1 rings (SSSR count). The van der Waals surface area contributed by atoms with Crippen LogP contribution in [0.3, 0.4) is 0 Å². The van der Waals surface area contributed by atoms with Crippen LogP contribution in [0.15, 0.2) is 36.4 Å². The van der Waals surface area contributed by atoms with Crippen LogP contribution in [0.4, 0.5) is 5.69 Å². The molecule has 2 nitrogen and oxygen atoms in total. The van der Waals surface area contributed by atoms with E-state index in [9.17, 15) is 4.79 Å². The monoisotopic (exact) mass is 217 g/mol. The van der Waals surface area contributed by atoms with Crippen molar-refractivity contribution in [2.45, 2.75) is 33.1 Å². The molecule has 0 saturated heterocycles. The number of allylic oxidation sites excluding steroid dienone is 1. The molecule has 0 aromatic heterocycles. The molecule has 0 heterocycles. The van der Waals surface area contributed by atoms with Gasteiger partial charge in [0.05, 0.1) is 0 Å². The van der Waals surface area contributed by atoms with Gasteiger partial charge in [0.2, 0.25) is 5.91 Å². The first-order valence-electron chi connectivity index (χ1n) is 5.71. The maximum absolute atomic E-state index is 11.5. The zero-order valence-corrected chi connectivity index (χ0v) is 10.2. The van der Waals surface area contributed by atoms with Gasteiger partial charge in [0.25, 0.3) is 0 Å². The number of nitrogens with one attached hydrogen (secondary N) is 1. The first-order chi connectivity index (χ1) is 7.69. The van der Waals surface area contributed by atoms with Crippen molar-refractivity contribution in [1.29, 1.82) is 0 Å². The Labute approximate surface area is 97.4 Å². The van der Waals surface area contributed by atoms with E-state index in [0.29, 0.717) is 5.92 Å². The number of carbonyl (C=O) groups is 1. The van der Waals surface area contributed by atoms with Gasteiger partial charge in [-0.2, -0.15) is 0 Å². The molecule has 1 unspecified atom stereocenters. The summed E-state index contributed by atoms with van der Waals surface area (Å²) in [5, 5.41) is 2.90. The summed E-state index contributed by atoms with van der Waals surface area (Å²) in [7, 11) is 0. The van der Waals surface area contributed by atoms with E-state index < -0.39 is 0 Å². The third-order valence-corrected chi connectivity index (χ3v) is 2.68. The number of rotatable bonds is 4. The molecular weight excluding hydrogens is 198 g/mol. The van der Waals surface area contributed by atoms with E-state index in [-0.39, 0.29) is 5.91 Å². The molecule has 0 saturated carbocycles. The molecule has 0 fully saturated rings. The zero-order chi connectivity index (χ0) is 12.0. The molecule has 1 aromatic rings. The van der Waals surface area contributed by atoms with Gasteiger partial charge in [0, 0.05) is 5.69 Å². The molecule has 1 aromatic carbocycles. The SMILES string of the molecule is CC=CC(=O)Nc1ccccc1C(C)CC. The minimum atomic E-state index is -0.0711. The average Bonchev–Trinajstić information content (AvgIpc) is 2.29. The molecule has 86 valence electrons. The van der Waals surface area contributed by atoms with Crippen molar-refractivity contribution in [2.75, 3.05) is 5.32 Å². The van der Waals surface area contributed by atoms with E-state index in [1.807, 2.05) is 25.1 Å². The minimum absolute atomic E-state index is 0.0711. The fourth-order valence-corrected chi connectivity index (χ4v) is 1.59. The summed E-state index contributed by atoms with van der Waals surface area (Å²) in [6, 6.07) is 7.96. The lowest BCUT2D eigenvalue weighted by Crippen LogP contribution is -2.10. The summed E-state index contributed by atoms with van der Waals surface area (Å²) in [4.78, 5) is 11.5. The zero-order valence-electron chi connectivity index (χ0n) is 10.2. The number of benzene rings is 1. The quantitative estimate of drug-likeness (QED) is 0.765. The lowest BCUT2D eigenvalue weighted by atomic mass is 9.97. The third-order valence-electron chi connectivity index (χ3n) is 2.68. The number of anilines is 1. The summed E-state index contributed by atoms with van der Waals surface area (Å²) in [6.07, 6.45) is 4.34. The minimum Gasteiger partial charge on any atom is -0.322 e. The molecule has 1 N–H and O–H groups in total. The Morgan fingerprint density at radius 3 is 2.75 bits per heavy atom. The number of hydrogen-bond donors (Lipinski definition) is 1. The molecular formula is C14H19NO. The highest BCUT2D eigenvalue weighted by atomic mass is 16.1. The van der Waals surface area contributed by atoms with E-state index in [2.05, 4.69) is 25.2 Å². The molecule has 0 aliphatic rings. The second kappa shape index (κ2) is 6.11. The van der Waals surface area contributed by atoms with Crippen molar-refractivity contribution in [3.63, 3.8) is 0 Å². The summed E-state index contributed by atoms with van der Waals surface area (Å²) >= 11 is 0. The van der Waals surface area contributed by atoms with Crippen molar-refractivity contribution in [3.05, 3.63) is 42.0 Å². The molecule has 0 spiro atoms. The second-order valence-electron chi connectivity index (χ2n) is 3.89. The van der Waals surface area contributed by atoms with E-state index in [1.165, 1.54) is 11.6 Å². The predicted octanol–water partition coefficient (Wildman–Crippen LogP) is 3.71. The van der Waals surface area contributed by atoms with E-state index in [4.69, 9.17) is 0 Å². The number of amides is 1. The van der Waals surface area contributed by atoms with Crippen LogP contribution < -0.4 is 5.32 Å². The van der Waals surface area contributed by atoms with Gasteiger partial charge < -0.3 is 5.32 Å². The number of para-hydroxylation sites is 1. The van der Waals surface area contributed by atoms with Gasteiger partial charge >= 0.3 is 0 Å². The molecule has 16 heavy (non-hydrogen) atoms. The normalized spacial score (nSPS) is 12.7. The highest BCUT2D eigenvalue weighted by molar-refractivity contribution is 5.99. The Hall–Kier alpha value is -1.57. The van der Waals surface area contributed by atoms with Gasteiger partial charge in [-0.1, -0.05) is 38.1 Å². The summed E-state index contributed by atoms with van der Waals surface area (Å²) in [5.74, 6) is 0.389. The predicted molar refractivity (Wildman–Crippen MR) is 68.6 cm³/mol. The Morgan fingerprint density at radius 1 is 1.44 bits per heavy atom. The highest BCUT2D eigenvalue weighted by Gasteiger charge is 2.09.